The van der Waals surface area contributed by atoms with Crippen LogP contribution in [0.4, 0.5) is 0 Å². The number of allylic oxidation sites excluding steroid dienone is 3. The lowest BCUT2D eigenvalue weighted by Crippen LogP contribution is -2.26. The van der Waals surface area contributed by atoms with Gasteiger partial charge in [-0.15, -0.1) is 0 Å². The van der Waals surface area contributed by atoms with Gasteiger partial charge in [0.15, 0.2) is 0 Å². The normalized spacial score (nSPS) is 32.6. The predicted molar refractivity (Wildman–Crippen MR) is 70.2 cm³/mol. The van der Waals surface area contributed by atoms with E-state index < -0.39 is 0 Å². The minimum atomic E-state index is -0.171. The lowest BCUT2D eigenvalue weighted by molar-refractivity contribution is 0.0732. The highest BCUT2D eigenvalue weighted by Gasteiger charge is 2.23. The summed E-state index contributed by atoms with van der Waals surface area (Å²) in [5.41, 5.74) is 1.28. The van der Waals surface area contributed by atoms with Crippen molar-refractivity contribution in [1.82, 2.24) is 0 Å². The van der Waals surface area contributed by atoms with E-state index in [4.69, 9.17) is 0 Å². The van der Waals surface area contributed by atoms with Gasteiger partial charge in [-0.3, -0.25) is 0 Å². The second kappa shape index (κ2) is 6.24. The Balaban J connectivity index is 2.78. The minimum absolute atomic E-state index is 0.171. The molecule has 1 heteroatoms. The third-order valence-corrected chi connectivity index (χ3v) is 3.66. The zero-order valence-corrected chi connectivity index (χ0v) is 11.1. The zero-order valence-electron chi connectivity index (χ0n) is 11.1. The fourth-order valence-corrected chi connectivity index (χ4v) is 2.48. The van der Waals surface area contributed by atoms with Crippen molar-refractivity contribution in [3.63, 3.8) is 0 Å². The summed E-state index contributed by atoms with van der Waals surface area (Å²) in [6, 6.07) is 0. The van der Waals surface area contributed by atoms with Gasteiger partial charge in [0, 0.05) is 0 Å². The molecule has 0 aromatic carbocycles. The summed E-state index contributed by atoms with van der Waals surface area (Å²) in [6.45, 7) is 8.81. The Morgan fingerprint density at radius 2 is 2.00 bits per heavy atom. The molecule has 1 aliphatic rings. The fraction of sp³-hybridized carbons (Fsp3) is 0.733. The Morgan fingerprint density at radius 1 is 1.31 bits per heavy atom. The van der Waals surface area contributed by atoms with Crippen LogP contribution in [-0.2, 0) is 0 Å². The van der Waals surface area contributed by atoms with Gasteiger partial charge < -0.3 is 5.11 Å². The second-order valence-electron chi connectivity index (χ2n) is 5.63. The van der Waals surface area contributed by atoms with Crippen LogP contribution >= 0.6 is 0 Å². The van der Waals surface area contributed by atoms with Crippen molar-refractivity contribution in [2.75, 3.05) is 0 Å². The summed E-state index contributed by atoms with van der Waals surface area (Å²) in [5.74, 6) is 1.63. The van der Waals surface area contributed by atoms with Crippen LogP contribution in [0.15, 0.2) is 23.8 Å². The zero-order chi connectivity index (χ0) is 12.1. The maximum Gasteiger partial charge on any atom is 0.0607 e. The molecule has 0 saturated carbocycles. The summed E-state index contributed by atoms with van der Waals surface area (Å²) in [6.07, 6.45) is 9.53. The van der Waals surface area contributed by atoms with Gasteiger partial charge in [-0.2, -0.15) is 0 Å². The number of aliphatic hydroxyl groups is 1. The molecule has 1 N–H and O–H groups in total. The summed E-state index contributed by atoms with van der Waals surface area (Å²) in [7, 11) is 0. The Labute approximate surface area is 100 Å². The molecule has 0 spiro atoms. The van der Waals surface area contributed by atoms with Gasteiger partial charge in [-0.25, -0.2) is 0 Å². The van der Waals surface area contributed by atoms with Gasteiger partial charge in [-0.1, -0.05) is 44.6 Å². The standard InChI is InChI=1S/C15H26O/c1-11(2)14-9-8-12(3)6-5-7-13(4)10-15(14)16/h5-7,11-12,14-16H,8-10H2,1-4H3/t12-,14-,15?/m0/s1. The molecule has 3 atom stereocenters. The van der Waals surface area contributed by atoms with Gasteiger partial charge in [0.1, 0.15) is 0 Å². The maximum absolute atomic E-state index is 10.3. The molecule has 16 heavy (non-hydrogen) atoms. The number of rotatable bonds is 1. The highest BCUT2D eigenvalue weighted by Crippen LogP contribution is 2.28. The van der Waals surface area contributed by atoms with Crippen molar-refractivity contribution in [3.8, 4) is 0 Å². The van der Waals surface area contributed by atoms with Crippen LogP contribution < -0.4 is 0 Å². The van der Waals surface area contributed by atoms with Crippen LogP contribution in [0, 0.1) is 17.8 Å². The maximum atomic E-state index is 10.3. The molecule has 0 saturated heterocycles. The van der Waals surface area contributed by atoms with E-state index >= 15 is 0 Å². The Kier molecular flexibility index (Phi) is 5.27. The van der Waals surface area contributed by atoms with Crippen LogP contribution in [0.2, 0.25) is 0 Å². The van der Waals surface area contributed by atoms with Crippen molar-refractivity contribution in [2.45, 2.75) is 53.1 Å². The predicted octanol–water partition coefficient (Wildman–Crippen LogP) is 3.94. The van der Waals surface area contributed by atoms with E-state index in [1.54, 1.807) is 0 Å². The summed E-state index contributed by atoms with van der Waals surface area (Å²) >= 11 is 0. The Bertz CT molecular complexity index is 263. The molecule has 1 aliphatic carbocycles. The first-order valence-electron chi connectivity index (χ1n) is 6.52. The molecule has 0 bridgehead atoms. The average molecular weight is 222 g/mol. The van der Waals surface area contributed by atoms with Crippen LogP contribution in [0.25, 0.3) is 0 Å². The third kappa shape index (κ3) is 4.13. The average Bonchev–Trinajstić information content (AvgIpc) is 2.16. The summed E-state index contributed by atoms with van der Waals surface area (Å²) in [4.78, 5) is 0. The second-order valence-corrected chi connectivity index (χ2v) is 5.63. The van der Waals surface area contributed by atoms with Crippen LogP contribution in [0.1, 0.15) is 47.0 Å². The van der Waals surface area contributed by atoms with Crippen LogP contribution in [0.5, 0.6) is 0 Å². The monoisotopic (exact) mass is 222 g/mol. The minimum Gasteiger partial charge on any atom is -0.392 e. The lowest BCUT2D eigenvalue weighted by atomic mass is 9.81. The molecule has 0 aromatic heterocycles. The molecule has 92 valence electrons. The smallest absolute Gasteiger partial charge is 0.0607 e. The molecular weight excluding hydrogens is 196 g/mol. The van der Waals surface area contributed by atoms with Crippen LogP contribution in [0.3, 0.4) is 0 Å². The fourth-order valence-electron chi connectivity index (χ4n) is 2.48. The van der Waals surface area contributed by atoms with Crippen molar-refractivity contribution in [2.24, 2.45) is 17.8 Å². The van der Waals surface area contributed by atoms with Crippen LogP contribution in [-0.4, -0.2) is 11.2 Å². The Morgan fingerprint density at radius 3 is 2.62 bits per heavy atom. The highest BCUT2D eigenvalue weighted by atomic mass is 16.3. The first-order chi connectivity index (χ1) is 7.50. The van der Waals surface area contributed by atoms with E-state index in [9.17, 15) is 5.11 Å². The first-order valence-corrected chi connectivity index (χ1v) is 6.52. The SMILES string of the molecule is CC1=CC=C[C@H](C)CC[C@@H](C(C)C)C(O)C1. The molecule has 1 rings (SSSR count). The van der Waals surface area contributed by atoms with Crippen molar-refractivity contribution in [1.29, 1.82) is 0 Å². The number of hydrogen-bond donors (Lipinski definition) is 1. The van der Waals surface area contributed by atoms with E-state index in [2.05, 4.69) is 45.9 Å². The molecular formula is C15H26O. The van der Waals surface area contributed by atoms with Gasteiger partial charge in [0.2, 0.25) is 0 Å². The van der Waals surface area contributed by atoms with Gasteiger partial charge in [0.05, 0.1) is 6.10 Å². The van der Waals surface area contributed by atoms with Gasteiger partial charge in [0.25, 0.3) is 0 Å². The third-order valence-electron chi connectivity index (χ3n) is 3.66. The van der Waals surface area contributed by atoms with E-state index in [-0.39, 0.29) is 6.10 Å². The van der Waals surface area contributed by atoms with Crippen molar-refractivity contribution >= 4 is 0 Å². The van der Waals surface area contributed by atoms with Gasteiger partial charge >= 0.3 is 0 Å². The molecule has 0 heterocycles. The van der Waals surface area contributed by atoms with Crippen molar-refractivity contribution in [3.05, 3.63) is 23.8 Å². The topological polar surface area (TPSA) is 20.2 Å². The molecule has 0 amide bonds. The first kappa shape index (κ1) is 13.5. The summed E-state index contributed by atoms with van der Waals surface area (Å²) < 4.78 is 0. The molecule has 0 aliphatic heterocycles. The largest absolute Gasteiger partial charge is 0.392 e. The lowest BCUT2D eigenvalue weighted by Gasteiger charge is -2.28. The van der Waals surface area contributed by atoms with E-state index in [1.807, 2.05) is 0 Å². The van der Waals surface area contributed by atoms with Crippen molar-refractivity contribution < 1.29 is 5.11 Å². The van der Waals surface area contributed by atoms with Gasteiger partial charge in [-0.05, 0) is 43.9 Å². The number of hydrogen-bond acceptors (Lipinski definition) is 1. The summed E-state index contributed by atoms with van der Waals surface area (Å²) in [5, 5.41) is 10.3. The van der Waals surface area contributed by atoms with E-state index in [1.165, 1.54) is 12.0 Å². The molecule has 1 nitrogen and oxygen atoms in total. The highest BCUT2D eigenvalue weighted by molar-refractivity contribution is 5.12. The van der Waals surface area contributed by atoms with E-state index in [0.717, 1.165) is 12.8 Å². The molecule has 1 unspecified atom stereocenters. The quantitative estimate of drug-likeness (QED) is 0.712. The Hall–Kier alpha value is -0.560. The molecule has 0 aromatic rings. The molecule has 0 radical (unpaired) electrons. The van der Waals surface area contributed by atoms with E-state index in [0.29, 0.717) is 17.8 Å². The molecule has 0 fully saturated rings. The number of aliphatic hydroxyl groups excluding tert-OH is 1.